The number of carbonyl (C=O) groups is 1. The fraction of sp³-hybridized carbons (Fsp3) is 0.417. The van der Waals surface area contributed by atoms with Crippen LogP contribution in [0.1, 0.15) is 29.6 Å². The summed E-state index contributed by atoms with van der Waals surface area (Å²) in [6.45, 7) is 1.22. The molecule has 1 aromatic rings. The summed E-state index contributed by atoms with van der Waals surface area (Å²) in [6, 6.07) is 2.96. The van der Waals surface area contributed by atoms with E-state index in [-0.39, 0.29) is 16.4 Å². The van der Waals surface area contributed by atoms with Crippen LogP contribution in [-0.4, -0.2) is 32.3 Å². The quantitative estimate of drug-likeness (QED) is 0.884. The third-order valence-corrected chi connectivity index (χ3v) is 3.98. The molecule has 0 spiro atoms. The number of halogens is 1. The lowest BCUT2D eigenvalue weighted by atomic mass is 10.1. The molecule has 1 heterocycles. The molecule has 2 N–H and O–H groups in total. The van der Waals surface area contributed by atoms with Crippen LogP contribution in [0.3, 0.4) is 0 Å². The van der Waals surface area contributed by atoms with Crippen LogP contribution < -0.4 is 5.14 Å². The molecular formula is C12H15FN2O3S. The molecule has 2 rings (SSSR count). The highest BCUT2D eigenvalue weighted by molar-refractivity contribution is 7.89. The van der Waals surface area contributed by atoms with Crippen molar-refractivity contribution >= 4 is 15.9 Å². The number of benzene rings is 1. The van der Waals surface area contributed by atoms with E-state index in [1.54, 1.807) is 4.90 Å². The van der Waals surface area contributed by atoms with E-state index in [0.717, 1.165) is 37.5 Å². The molecule has 0 bridgehead atoms. The zero-order valence-corrected chi connectivity index (χ0v) is 11.1. The molecule has 19 heavy (non-hydrogen) atoms. The number of likely N-dealkylation sites (tertiary alicyclic amines) is 1. The first-order valence-electron chi connectivity index (χ1n) is 6.00. The van der Waals surface area contributed by atoms with Crippen molar-refractivity contribution in [2.24, 2.45) is 5.14 Å². The van der Waals surface area contributed by atoms with Gasteiger partial charge < -0.3 is 4.90 Å². The minimum Gasteiger partial charge on any atom is -0.339 e. The van der Waals surface area contributed by atoms with Crippen molar-refractivity contribution in [3.8, 4) is 0 Å². The fourth-order valence-electron chi connectivity index (χ4n) is 2.13. The molecular weight excluding hydrogens is 271 g/mol. The number of rotatable bonds is 2. The van der Waals surface area contributed by atoms with Crippen molar-refractivity contribution in [2.75, 3.05) is 13.1 Å². The molecule has 0 saturated carbocycles. The molecule has 0 radical (unpaired) electrons. The monoisotopic (exact) mass is 286 g/mol. The minimum atomic E-state index is -4.02. The van der Waals surface area contributed by atoms with Crippen LogP contribution in [0.15, 0.2) is 23.1 Å². The van der Waals surface area contributed by atoms with Crippen LogP contribution in [0.4, 0.5) is 4.39 Å². The van der Waals surface area contributed by atoms with Gasteiger partial charge in [0.15, 0.2) is 0 Å². The molecule has 0 unspecified atom stereocenters. The van der Waals surface area contributed by atoms with Gasteiger partial charge in [0.25, 0.3) is 5.91 Å². The molecule has 0 aliphatic carbocycles. The summed E-state index contributed by atoms with van der Waals surface area (Å²) in [5, 5.41) is 4.95. The van der Waals surface area contributed by atoms with E-state index >= 15 is 0 Å². The van der Waals surface area contributed by atoms with Crippen molar-refractivity contribution in [3.05, 3.63) is 29.6 Å². The first kappa shape index (κ1) is 14.0. The average Bonchev–Trinajstić information content (AvgIpc) is 2.37. The van der Waals surface area contributed by atoms with Crippen LogP contribution in [0.5, 0.6) is 0 Å². The van der Waals surface area contributed by atoms with Gasteiger partial charge in [0.05, 0.1) is 4.90 Å². The smallest absolute Gasteiger partial charge is 0.253 e. The number of piperidine rings is 1. The number of carbonyl (C=O) groups excluding carboxylic acids is 1. The van der Waals surface area contributed by atoms with E-state index in [4.69, 9.17) is 5.14 Å². The van der Waals surface area contributed by atoms with E-state index in [2.05, 4.69) is 0 Å². The molecule has 1 amide bonds. The van der Waals surface area contributed by atoms with Crippen LogP contribution >= 0.6 is 0 Å². The second-order valence-electron chi connectivity index (χ2n) is 4.57. The van der Waals surface area contributed by atoms with Gasteiger partial charge in [0, 0.05) is 18.7 Å². The topological polar surface area (TPSA) is 80.5 Å². The lowest BCUT2D eigenvalue weighted by Gasteiger charge is -2.26. The molecule has 104 valence electrons. The predicted molar refractivity (Wildman–Crippen MR) is 67.5 cm³/mol. The maximum atomic E-state index is 13.4. The Labute approximate surface area is 111 Å². The van der Waals surface area contributed by atoms with E-state index in [1.165, 1.54) is 0 Å². The molecule has 1 saturated heterocycles. The first-order valence-corrected chi connectivity index (χ1v) is 7.55. The molecule has 5 nitrogen and oxygen atoms in total. The van der Waals surface area contributed by atoms with Crippen molar-refractivity contribution < 1.29 is 17.6 Å². The molecule has 0 atom stereocenters. The van der Waals surface area contributed by atoms with Crippen LogP contribution in [0.2, 0.25) is 0 Å². The van der Waals surface area contributed by atoms with Crippen molar-refractivity contribution in [2.45, 2.75) is 24.2 Å². The third kappa shape index (κ3) is 3.30. The van der Waals surface area contributed by atoms with Gasteiger partial charge in [-0.3, -0.25) is 4.79 Å². The Morgan fingerprint density at radius 3 is 2.37 bits per heavy atom. The summed E-state index contributed by atoms with van der Waals surface area (Å²) < 4.78 is 35.8. The summed E-state index contributed by atoms with van der Waals surface area (Å²) >= 11 is 0. The maximum absolute atomic E-state index is 13.4. The molecule has 1 fully saturated rings. The van der Waals surface area contributed by atoms with Gasteiger partial charge in [-0.25, -0.2) is 17.9 Å². The third-order valence-electron chi connectivity index (χ3n) is 3.09. The molecule has 0 aromatic heterocycles. The highest BCUT2D eigenvalue weighted by atomic mass is 32.2. The summed E-state index contributed by atoms with van der Waals surface area (Å²) in [6.07, 6.45) is 2.88. The Morgan fingerprint density at radius 1 is 1.16 bits per heavy atom. The van der Waals surface area contributed by atoms with Gasteiger partial charge in [-0.1, -0.05) is 0 Å². The summed E-state index contributed by atoms with van der Waals surface area (Å²) in [5.41, 5.74) is 0.0194. The number of hydrogen-bond donors (Lipinski definition) is 1. The van der Waals surface area contributed by atoms with E-state index in [9.17, 15) is 17.6 Å². The van der Waals surface area contributed by atoms with Gasteiger partial charge in [0.1, 0.15) is 5.82 Å². The number of nitrogens with zero attached hydrogens (tertiary/aromatic N) is 1. The highest BCUT2D eigenvalue weighted by Crippen LogP contribution is 2.17. The fourth-order valence-corrected chi connectivity index (χ4v) is 2.70. The Kier molecular flexibility index (Phi) is 3.86. The van der Waals surface area contributed by atoms with Crippen molar-refractivity contribution in [1.29, 1.82) is 0 Å². The standard InChI is InChI=1S/C12H15FN2O3S/c13-10-6-9(7-11(8-10)19(14,17)18)12(16)15-4-2-1-3-5-15/h6-8H,1-5H2,(H2,14,17,18). The lowest BCUT2D eigenvalue weighted by Crippen LogP contribution is -2.35. The van der Waals surface area contributed by atoms with E-state index < -0.39 is 15.8 Å². The number of amides is 1. The average molecular weight is 286 g/mol. The zero-order valence-electron chi connectivity index (χ0n) is 10.3. The van der Waals surface area contributed by atoms with Crippen LogP contribution in [0.25, 0.3) is 0 Å². The first-order chi connectivity index (χ1) is 8.88. The number of nitrogens with two attached hydrogens (primary N) is 1. The van der Waals surface area contributed by atoms with Gasteiger partial charge in [-0.2, -0.15) is 0 Å². The lowest BCUT2D eigenvalue weighted by molar-refractivity contribution is 0.0723. The van der Waals surface area contributed by atoms with Crippen LogP contribution in [0, 0.1) is 5.82 Å². The number of hydrogen-bond acceptors (Lipinski definition) is 3. The SMILES string of the molecule is NS(=O)(=O)c1cc(F)cc(C(=O)N2CCCCC2)c1. The van der Waals surface area contributed by atoms with Crippen molar-refractivity contribution in [1.82, 2.24) is 4.90 Å². The van der Waals surface area contributed by atoms with Gasteiger partial charge in [-0.15, -0.1) is 0 Å². The van der Waals surface area contributed by atoms with Crippen molar-refractivity contribution in [3.63, 3.8) is 0 Å². The summed E-state index contributed by atoms with van der Waals surface area (Å²) in [7, 11) is -4.02. The second kappa shape index (κ2) is 5.26. The molecule has 7 heteroatoms. The molecule has 1 aromatic carbocycles. The largest absolute Gasteiger partial charge is 0.339 e. The minimum absolute atomic E-state index is 0.0194. The number of sulfonamides is 1. The Morgan fingerprint density at radius 2 is 1.79 bits per heavy atom. The van der Waals surface area contributed by atoms with Gasteiger partial charge in [-0.05, 0) is 37.5 Å². The number of primary sulfonamides is 1. The Hall–Kier alpha value is -1.47. The maximum Gasteiger partial charge on any atom is 0.253 e. The van der Waals surface area contributed by atoms with Gasteiger partial charge >= 0.3 is 0 Å². The van der Waals surface area contributed by atoms with E-state index in [0.29, 0.717) is 13.1 Å². The zero-order chi connectivity index (χ0) is 14.0. The second-order valence-corrected chi connectivity index (χ2v) is 6.13. The van der Waals surface area contributed by atoms with Crippen LogP contribution in [-0.2, 0) is 10.0 Å². The summed E-state index contributed by atoms with van der Waals surface area (Å²) in [5.74, 6) is -1.14. The predicted octanol–water partition coefficient (Wildman–Crippen LogP) is 1.10. The van der Waals surface area contributed by atoms with Gasteiger partial charge in [0.2, 0.25) is 10.0 Å². The normalized spacial score (nSPS) is 16.4. The highest BCUT2D eigenvalue weighted by Gasteiger charge is 2.21. The van der Waals surface area contributed by atoms with E-state index in [1.807, 2.05) is 0 Å². The Bertz CT molecular complexity index is 595. The summed E-state index contributed by atoms with van der Waals surface area (Å²) in [4.78, 5) is 13.4. The Balaban J connectivity index is 2.34. The molecule has 1 aliphatic rings. The molecule has 1 aliphatic heterocycles.